The SMILES string of the molecule is CC1=CC[C@](O)(C(C)C)CC1.O=C(O)c1ccccc1. The molecule has 0 saturated heterocycles. The highest BCUT2D eigenvalue weighted by Crippen LogP contribution is 2.32. The highest BCUT2D eigenvalue weighted by Gasteiger charge is 2.31. The minimum atomic E-state index is -0.879. The van der Waals surface area contributed by atoms with Crippen LogP contribution in [0.1, 0.15) is 50.4 Å². The summed E-state index contributed by atoms with van der Waals surface area (Å²) >= 11 is 0. The van der Waals surface area contributed by atoms with Gasteiger partial charge < -0.3 is 10.2 Å². The molecule has 0 unspecified atom stereocenters. The molecule has 2 N–H and O–H groups in total. The van der Waals surface area contributed by atoms with Crippen LogP contribution in [0.3, 0.4) is 0 Å². The van der Waals surface area contributed by atoms with Gasteiger partial charge in [-0.1, -0.05) is 43.7 Å². The number of hydrogen-bond donors (Lipinski definition) is 2. The topological polar surface area (TPSA) is 57.5 Å². The van der Waals surface area contributed by atoms with Crippen LogP contribution in [-0.4, -0.2) is 21.8 Å². The van der Waals surface area contributed by atoms with E-state index in [9.17, 15) is 9.90 Å². The molecule has 3 nitrogen and oxygen atoms in total. The van der Waals surface area contributed by atoms with Crippen LogP contribution in [0.5, 0.6) is 0 Å². The highest BCUT2D eigenvalue weighted by molar-refractivity contribution is 5.87. The van der Waals surface area contributed by atoms with Crippen LogP contribution in [0.2, 0.25) is 0 Å². The van der Waals surface area contributed by atoms with Crippen molar-refractivity contribution in [1.29, 1.82) is 0 Å². The van der Waals surface area contributed by atoms with Crippen molar-refractivity contribution in [2.45, 2.75) is 45.6 Å². The lowest BCUT2D eigenvalue weighted by molar-refractivity contribution is -0.0140. The van der Waals surface area contributed by atoms with Gasteiger partial charge in [0.15, 0.2) is 0 Å². The predicted octanol–water partition coefficient (Wildman–Crippen LogP) is 3.89. The van der Waals surface area contributed by atoms with Crippen LogP contribution < -0.4 is 0 Å². The minimum absolute atomic E-state index is 0.331. The van der Waals surface area contributed by atoms with Gasteiger partial charge in [-0.05, 0) is 44.2 Å². The van der Waals surface area contributed by atoms with Crippen LogP contribution in [0, 0.1) is 5.92 Å². The van der Waals surface area contributed by atoms with E-state index in [1.807, 2.05) is 0 Å². The van der Waals surface area contributed by atoms with Gasteiger partial charge in [0.1, 0.15) is 0 Å². The first-order valence-corrected chi connectivity index (χ1v) is 7.01. The van der Waals surface area contributed by atoms with Crippen LogP contribution in [0.15, 0.2) is 42.0 Å². The first-order valence-electron chi connectivity index (χ1n) is 7.01. The summed E-state index contributed by atoms with van der Waals surface area (Å²) in [4.78, 5) is 10.2. The van der Waals surface area contributed by atoms with E-state index in [1.165, 1.54) is 5.57 Å². The molecule has 1 atom stereocenters. The average Bonchev–Trinajstić information content (AvgIpc) is 2.44. The molecule has 0 radical (unpaired) electrons. The van der Waals surface area contributed by atoms with E-state index in [2.05, 4.69) is 26.8 Å². The Morgan fingerprint density at radius 1 is 1.25 bits per heavy atom. The fraction of sp³-hybridized carbons (Fsp3) is 0.471. The van der Waals surface area contributed by atoms with Gasteiger partial charge in [-0.25, -0.2) is 4.79 Å². The van der Waals surface area contributed by atoms with Crippen LogP contribution in [0.4, 0.5) is 0 Å². The van der Waals surface area contributed by atoms with Gasteiger partial charge in [0.2, 0.25) is 0 Å². The zero-order chi connectivity index (χ0) is 15.2. The number of aliphatic hydroxyl groups is 1. The first-order chi connectivity index (χ1) is 9.35. The normalized spacial score (nSPS) is 21.8. The molecule has 0 spiro atoms. The Hall–Kier alpha value is -1.61. The molecule has 1 aliphatic rings. The Kier molecular flexibility index (Phi) is 5.96. The molecule has 0 saturated carbocycles. The maximum Gasteiger partial charge on any atom is 0.335 e. The van der Waals surface area contributed by atoms with Gasteiger partial charge in [0, 0.05) is 0 Å². The Morgan fingerprint density at radius 2 is 1.85 bits per heavy atom. The summed E-state index contributed by atoms with van der Waals surface area (Å²) in [6, 6.07) is 8.30. The Balaban J connectivity index is 0.000000204. The Labute approximate surface area is 121 Å². The number of benzene rings is 1. The lowest BCUT2D eigenvalue weighted by atomic mass is 9.78. The first kappa shape index (κ1) is 16.4. The maximum absolute atomic E-state index is 10.2. The molecule has 0 aromatic heterocycles. The second-order valence-corrected chi connectivity index (χ2v) is 5.68. The molecule has 0 aliphatic heterocycles. The molecule has 1 aromatic carbocycles. The molecule has 0 heterocycles. The van der Waals surface area contributed by atoms with Gasteiger partial charge in [-0.15, -0.1) is 0 Å². The second kappa shape index (κ2) is 7.25. The van der Waals surface area contributed by atoms with Gasteiger partial charge in [0.25, 0.3) is 0 Å². The van der Waals surface area contributed by atoms with Crippen molar-refractivity contribution in [3.05, 3.63) is 47.5 Å². The molecule has 0 amide bonds. The average molecular weight is 276 g/mol. The number of hydrogen-bond acceptors (Lipinski definition) is 2. The van der Waals surface area contributed by atoms with Crippen molar-refractivity contribution in [2.75, 3.05) is 0 Å². The van der Waals surface area contributed by atoms with E-state index in [4.69, 9.17) is 5.11 Å². The van der Waals surface area contributed by atoms with Crippen molar-refractivity contribution >= 4 is 5.97 Å². The van der Waals surface area contributed by atoms with Gasteiger partial charge in [-0.3, -0.25) is 0 Å². The summed E-state index contributed by atoms with van der Waals surface area (Å²) in [5.74, 6) is -0.498. The number of carbonyl (C=O) groups is 1. The molecule has 2 rings (SSSR count). The lowest BCUT2D eigenvalue weighted by Gasteiger charge is -2.34. The lowest BCUT2D eigenvalue weighted by Crippen LogP contribution is -2.36. The number of aromatic carboxylic acids is 1. The predicted molar refractivity (Wildman–Crippen MR) is 80.8 cm³/mol. The third-order valence-corrected chi connectivity index (χ3v) is 3.85. The molecular formula is C17H24O3. The number of rotatable bonds is 2. The van der Waals surface area contributed by atoms with Gasteiger partial charge in [0.05, 0.1) is 11.2 Å². The second-order valence-electron chi connectivity index (χ2n) is 5.68. The minimum Gasteiger partial charge on any atom is -0.478 e. The highest BCUT2D eigenvalue weighted by atomic mass is 16.4. The van der Waals surface area contributed by atoms with Crippen molar-refractivity contribution in [2.24, 2.45) is 5.92 Å². The Morgan fingerprint density at radius 3 is 2.20 bits per heavy atom. The maximum atomic E-state index is 10.2. The van der Waals surface area contributed by atoms with E-state index >= 15 is 0 Å². The molecule has 3 heteroatoms. The molecule has 0 fully saturated rings. The molecular weight excluding hydrogens is 252 g/mol. The summed E-state index contributed by atoms with van der Waals surface area (Å²) < 4.78 is 0. The summed E-state index contributed by atoms with van der Waals surface area (Å²) in [6.07, 6.45) is 5.02. The third kappa shape index (κ3) is 4.82. The van der Waals surface area contributed by atoms with Crippen LogP contribution >= 0.6 is 0 Å². The van der Waals surface area contributed by atoms with E-state index in [0.29, 0.717) is 11.5 Å². The van der Waals surface area contributed by atoms with E-state index in [1.54, 1.807) is 30.3 Å². The molecule has 20 heavy (non-hydrogen) atoms. The summed E-state index contributed by atoms with van der Waals surface area (Å²) in [5.41, 5.74) is 1.34. The zero-order valence-corrected chi connectivity index (χ0v) is 12.5. The monoisotopic (exact) mass is 276 g/mol. The van der Waals surface area contributed by atoms with Crippen molar-refractivity contribution in [3.63, 3.8) is 0 Å². The Bertz CT molecular complexity index is 462. The van der Waals surface area contributed by atoms with E-state index in [-0.39, 0.29) is 0 Å². The van der Waals surface area contributed by atoms with E-state index < -0.39 is 11.6 Å². The molecule has 0 bridgehead atoms. The van der Waals surface area contributed by atoms with Crippen molar-refractivity contribution in [1.82, 2.24) is 0 Å². The fourth-order valence-electron chi connectivity index (χ4n) is 2.07. The third-order valence-electron chi connectivity index (χ3n) is 3.85. The summed E-state index contributed by atoms with van der Waals surface area (Å²) in [7, 11) is 0. The fourth-order valence-corrected chi connectivity index (χ4v) is 2.07. The van der Waals surface area contributed by atoms with Gasteiger partial charge in [-0.2, -0.15) is 0 Å². The standard InChI is InChI=1S/C10H18O.C7H6O2/c1-8(2)10(11)6-4-9(3)5-7-10;8-7(9)6-4-2-1-3-5-6/h4,8,11H,5-7H2,1-3H3;1-5H,(H,8,9)/t10-;/m1./s1. The summed E-state index contributed by atoms with van der Waals surface area (Å²) in [6.45, 7) is 6.32. The largest absolute Gasteiger partial charge is 0.478 e. The number of carboxylic acids is 1. The molecule has 110 valence electrons. The van der Waals surface area contributed by atoms with E-state index in [0.717, 1.165) is 19.3 Å². The van der Waals surface area contributed by atoms with Gasteiger partial charge >= 0.3 is 5.97 Å². The quantitative estimate of drug-likeness (QED) is 0.806. The summed E-state index contributed by atoms with van der Waals surface area (Å²) in [5, 5.41) is 18.4. The van der Waals surface area contributed by atoms with Crippen LogP contribution in [0.25, 0.3) is 0 Å². The van der Waals surface area contributed by atoms with Crippen LogP contribution in [-0.2, 0) is 0 Å². The number of allylic oxidation sites excluding steroid dienone is 1. The zero-order valence-electron chi connectivity index (χ0n) is 12.5. The smallest absolute Gasteiger partial charge is 0.335 e. The number of carboxylic acid groups (broad SMARTS) is 1. The van der Waals surface area contributed by atoms with Crippen molar-refractivity contribution < 1.29 is 15.0 Å². The molecule has 1 aromatic rings. The van der Waals surface area contributed by atoms with Crippen molar-refractivity contribution in [3.8, 4) is 0 Å². The molecule has 1 aliphatic carbocycles.